The number of hydrogen-bond donors (Lipinski definition) is 1. The van der Waals surface area contributed by atoms with Gasteiger partial charge in [-0.3, -0.25) is 9.69 Å². The average molecular weight is 282 g/mol. The molecule has 1 aromatic rings. The Morgan fingerprint density at radius 3 is 2.65 bits per heavy atom. The third-order valence-electron chi connectivity index (χ3n) is 3.83. The Morgan fingerprint density at radius 1 is 1.40 bits per heavy atom. The van der Waals surface area contributed by atoms with Crippen LogP contribution in [0, 0.1) is 17.6 Å². The van der Waals surface area contributed by atoms with Gasteiger partial charge in [-0.1, -0.05) is 13.0 Å². The maximum atomic E-state index is 13.5. The van der Waals surface area contributed by atoms with Crippen LogP contribution < -0.4 is 5.32 Å². The molecule has 0 saturated carbocycles. The molecule has 0 unspecified atom stereocenters. The lowest BCUT2D eigenvalue weighted by molar-refractivity contribution is -0.121. The molecule has 2 rings (SSSR count). The van der Waals surface area contributed by atoms with E-state index in [1.165, 1.54) is 6.07 Å². The van der Waals surface area contributed by atoms with Crippen molar-refractivity contribution in [2.45, 2.75) is 32.7 Å². The van der Waals surface area contributed by atoms with Crippen LogP contribution in [0.2, 0.25) is 0 Å². The van der Waals surface area contributed by atoms with Gasteiger partial charge in [0.25, 0.3) is 0 Å². The molecule has 20 heavy (non-hydrogen) atoms. The average Bonchev–Trinajstić information content (AvgIpc) is 2.42. The van der Waals surface area contributed by atoms with Gasteiger partial charge in [0.2, 0.25) is 5.91 Å². The fraction of sp³-hybridized carbons (Fsp3) is 0.533. The highest BCUT2D eigenvalue weighted by atomic mass is 19.1. The summed E-state index contributed by atoms with van der Waals surface area (Å²) in [7, 11) is 0. The van der Waals surface area contributed by atoms with Crippen molar-refractivity contribution in [1.29, 1.82) is 0 Å². The first-order valence-corrected chi connectivity index (χ1v) is 6.98. The maximum absolute atomic E-state index is 13.5. The van der Waals surface area contributed by atoms with Crippen LogP contribution in [0.5, 0.6) is 0 Å². The molecule has 5 heteroatoms. The van der Waals surface area contributed by atoms with Crippen LogP contribution in [0.4, 0.5) is 14.5 Å². The first kappa shape index (κ1) is 14.9. The van der Waals surface area contributed by atoms with Crippen LogP contribution >= 0.6 is 0 Å². The Balaban J connectivity index is 2.04. The lowest BCUT2D eigenvalue weighted by atomic mass is 9.99. The number of likely N-dealkylation sites (tertiary alicyclic amines) is 1. The molecule has 1 N–H and O–H groups in total. The molecular weight excluding hydrogens is 262 g/mol. The molecule has 0 aromatic heterocycles. The highest BCUT2D eigenvalue weighted by Gasteiger charge is 2.26. The van der Waals surface area contributed by atoms with Crippen LogP contribution in [0.1, 0.15) is 26.7 Å². The van der Waals surface area contributed by atoms with Crippen molar-refractivity contribution in [3.8, 4) is 0 Å². The number of rotatable bonds is 3. The number of carbonyl (C=O) groups is 1. The molecule has 1 heterocycles. The van der Waals surface area contributed by atoms with E-state index in [1.54, 1.807) is 6.92 Å². The van der Waals surface area contributed by atoms with E-state index >= 15 is 0 Å². The van der Waals surface area contributed by atoms with Crippen molar-refractivity contribution in [3.63, 3.8) is 0 Å². The molecule has 1 amide bonds. The summed E-state index contributed by atoms with van der Waals surface area (Å²) in [6.45, 7) is 5.60. The normalized spacial score (nSPS) is 21.5. The number of carbonyl (C=O) groups excluding carboxylic acids is 1. The Labute approximate surface area is 118 Å². The number of amides is 1. The highest BCUT2D eigenvalue weighted by Crippen LogP contribution is 2.21. The van der Waals surface area contributed by atoms with E-state index in [4.69, 9.17) is 0 Å². The molecule has 1 saturated heterocycles. The third kappa shape index (κ3) is 3.33. The van der Waals surface area contributed by atoms with Gasteiger partial charge >= 0.3 is 0 Å². The summed E-state index contributed by atoms with van der Waals surface area (Å²) in [4.78, 5) is 14.2. The molecule has 1 fully saturated rings. The second-order valence-electron chi connectivity index (χ2n) is 5.50. The topological polar surface area (TPSA) is 32.3 Å². The summed E-state index contributed by atoms with van der Waals surface area (Å²) < 4.78 is 27.0. The predicted octanol–water partition coefficient (Wildman–Crippen LogP) is 3.02. The van der Waals surface area contributed by atoms with Crippen molar-refractivity contribution in [1.82, 2.24) is 4.90 Å². The molecule has 110 valence electrons. The molecule has 3 nitrogen and oxygen atoms in total. The SMILES string of the molecule is C[C@H]1CCCN([C@@H](C)C(=O)Nc2c(F)cccc2F)C1. The van der Waals surface area contributed by atoms with Gasteiger partial charge in [0, 0.05) is 6.54 Å². The number of piperidine rings is 1. The van der Waals surface area contributed by atoms with Crippen LogP contribution in [0.3, 0.4) is 0 Å². The van der Waals surface area contributed by atoms with E-state index in [0.29, 0.717) is 5.92 Å². The zero-order chi connectivity index (χ0) is 14.7. The second-order valence-corrected chi connectivity index (χ2v) is 5.50. The van der Waals surface area contributed by atoms with E-state index < -0.39 is 17.7 Å². The summed E-state index contributed by atoms with van der Waals surface area (Å²) in [5.41, 5.74) is -0.366. The summed E-state index contributed by atoms with van der Waals surface area (Å²) in [5, 5.41) is 2.36. The van der Waals surface area contributed by atoms with E-state index in [0.717, 1.165) is 38.1 Å². The number of halogens is 2. The van der Waals surface area contributed by atoms with Crippen molar-refractivity contribution < 1.29 is 13.6 Å². The number of anilines is 1. The molecule has 1 aromatic carbocycles. The van der Waals surface area contributed by atoms with Crippen molar-refractivity contribution >= 4 is 11.6 Å². The van der Waals surface area contributed by atoms with Gasteiger partial charge in [0.1, 0.15) is 17.3 Å². The van der Waals surface area contributed by atoms with Crippen molar-refractivity contribution in [2.75, 3.05) is 18.4 Å². The minimum Gasteiger partial charge on any atom is -0.320 e. The highest BCUT2D eigenvalue weighted by molar-refractivity contribution is 5.94. The Kier molecular flexibility index (Phi) is 4.70. The summed E-state index contributed by atoms with van der Waals surface area (Å²) in [5.74, 6) is -1.33. The Bertz CT molecular complexity index is 473. The van der Waals surface area contributed by atoms with Gasteiger partial charge in [-0.05, 0) is 44.4 Å². The number of nitrogens with one attached hydrogen (secondary N) is 1. The zero-order valence-electron chi connectivity index (χ0n) is 11.8. The Hall–Kier alpha value is -1.49. The fourth-order valence-corrected chi connectivity index (χ4v) is 2.59. The lowest BCUT2D eigenvalue weighted by Crippen LogP contribution is -2.46. The first-order chi connectivity index (χ1) is 9.49. The standard InChI is InChI=1S/C15H20F2N2O/c1-10-5-4-8-19(9-10)11(2)15(20)18-14-12(16)6-3-7-13(14)17/h3,6-7,10-11H,4-5,8-9H2,1-2H3,(H,18,20)/t10-,11-/m0/s1. The molecular formula is C15H20F2N2O. The van der Waals surface area contributed by atoms with E-state index in [9.17, 15) is 13.6 Å². The molecule has 1 aliphatic rings. The van der Waals surface area contributed by atoms with Gasteiger partial charge in [0.15, 0.2) is 0 Å². The smallest absolute Gasteiger partial charge is 0.241 e. The predicted molar refractivity (Wildman–Crippen MR) is 74.4 cm³/mol. The summed E-state index contributed by atoms with van der Waals surface area (Å²) >= 11 is 0. The largest absolute Gasteiger partial charge is 0.320 e. The van der Waals surface area contributed by atoms with Gasteiger partial charge in [-0.15, -0.1) is 0 Å². The first-order valence-electron chi connectivity index (χ1n) is 6.98. The molecule has 0 spiro atoms. The Morgan fingerprint density at radius 2 is 2.05 bits per heavy atom. The van der Waals surface area contributed by atoms with Gasteiger partial charge < -0.3 is 5.32 Å². The summed E-state index contributed by atoms with van der Waals surface area (Å²) in [6.07, 6.45) is 2.21. The van der Waals surface area contributed by atoms with E-state index in [2.05, 4.69) is 17.1 Å². The fourth-order valence-electron chi connectivity index (χ4n) is 2.59. The third-order valence-corrected chi connectivity index (χ3v) is 3.83. The van der Waals surface area contributed by atoms with E-state index in [1.807, 2.05) is 0 Å². The van der Waals surface area contributed by atoms with Crippen molar-refractivity contribution in [2.24, 2.45) is 5.92 Å². The molecule has 0 radical (unpaired) electrons. The molecule has 0 bridgehead atoms. The summed E-state index contributed by atoms with van der Waals surface area (Å²) in [6, 6.07) is 3.14. The van der Waals surface area contributed by atoms with Crippen LogP contribution in [0.15, 0.2) is 18.2 Å². The lowest BCUT2D eigenvalue weighted by Gasteiger charge is -2.34. The number of nitrogens with zero attached hydrogens (tertiary/aromatic N) is 1. The van der Waals surface area contributed by atoms with Gasteiger partial charge in [0.05, 0.1) is 6.04 Å². The molecule has 2 atom stereocenters. The maximum Gasteiger partial charge on any atom is 0.241 e. The minimum atomic E-state index is -0.752. The quantitative estimate of drug-likeness (QED) is 0.924. The van der Waals surface area contributed by atoms with Crippen molar-refractivity contribution in [3.05, 3.63) is 29.8 Å². The number of para-hydroxylation sites is 1. The van der Waals surface area contributed by atoms with Crippen LogP contribution in [0.25, 0.3) is 0 Å². The monoisotopic (exact) mass is 282 g/mol. The minimum absolute atomic E-state index is 0.366. The zero-order valence-corrected chi connectivity index (χ0v) is 11.8. The van der Waals surface area contributed by atoms with Gasteiger partial charge in [-0.2, -0.15) is 0 Å². The number of hydrogen-bond acceptors (Lipinski definition) is 2. The van der Waals surface area contributed by atoms with Crippen LogP contribution in [-0.4, -0.2) is 29.9 Å². The van der Waals surface area contributed by atoms with Crippen LogP contribution in [-0.2, 0) is 4.79 Å². The number of benzene rings is 1. The molecule has 1 aliphatic heterocycles. The van der Waals surface area contributed by atoms with E-state index in [-0.39, 0.29) is 11.6 Å². The second kappa shape index (κ2) is 6.31. The van der Waals surface area contributed by atoms with Gasteiger partial charge in [-0.25, -0.2) is 8.78 Å². The molecule has 0 aliphatic carbocycles.